The van der Waals surface area contributed by atoms with Crippen LogP contribution in [-0.4, -0.2) is 7.11 Å². The summed E-state index contributed by atoms with van der Waals surface area (Å²) in [6, 6.07) is 31.9. The predicted molar refractivity (Wildman–Crippen MR) is 102 cm³/mol. The molecule has 0 fully saturated rings. The summed E-state index contributed by atoms with van der Waals surface area (Å²) < 4.78 is 5.80. The van der Waals surface area contributed by atoms with Gasteiger partial charge in [0.1, 0.15) is 11.8 Å². The SMILES string of the molecule is COC1=C[C@@H](c2ccccc2)N(c2ccccc2)[C@@H]1c1ccccc1. The van der Waals surface area contributed by atoms with E-state index in [-0.39, 0.29) is 12.1 Å². The number of hydrogen-bond acceptors (Lipinski definition) is 2. The molecule has 2 nitrogen and oxygen atoms in total. The Balaban J connectivity index is 1.85. The van der Waals surface area contributed by atoms with Gasteiger partial charge in [-0.25, -0.2) is 0 Å². The van der Waals surface area contributed by atoms with Gasteiger partial charge in [-0.05, 0) is 29.3 Å². The van der Waals surface area contributed by atoms with Crippen molar-refractivity contribution in [2.45, 2.75) is 12.1 Å². The number of para-hydroxylation sites is 1. The zero-order valence-electron chi connectivity index (χ0n) is 14.2. The molecule has 0 saturated carbocycles. The number of hydrogen-bond donors (Lipinski definition) is 0. The lowest BCUT2D eigenvalue weighted by Crippen LogP contribution is -2.28. The zero-order valence-corrected chi connectivity index (χ0v) is 14.2. The molecule has 0 amide bonds. The number of ether oxygens (including phenoxy) is 1. The Morgan fingerprint density at radius 2 is 1.20 bits per heavy atom. The van der Waals surface area contributed by atoms with Gasteiger partial charge in [0.05, 0.1) is 13.2 Å². The van der Waals surface area contributed by atoms with Gasteiger partial charge in [-0.3, -0.25) is 0 Å². The molecule has 0 spiro atoms. The Hall–Kier alpha value is -3.00. The van der Waals surface area contributed by atoms with Crippen LogP contribution in [-0.2, 0) is 4.74 Å². The largest absolute Gasteiger partial charge is 0.499 e. The van der Waals surface area contributed by atoms with Crippen molar-refractivity contribution in [2.75, 3.05) is 12.0 Å². The quantitative estimate of drug-likeness (QED) is 0.625. The van der Waals surface area contributed by atoms with Crippen LogP contribution < -0.4 is 4.90 Å². The van der Waals surface area contributed by atoms with Crippen LogP contribution in [0.4, 0.5) is 5.69 Å². The molecule has 1 aliphatic heterocycles. The summed E-state index contributed by atoms with van der Waals surface area (Å²) in [7, 11) is 1.76. The summed E-state index contributed by atoms with van der Waals surface area (Å²) in [6.07, 6.45) is 2.24. The number of methoxy groups -OCH3 is 1. The minimum absolute atomic E-state index is 0.0683. The van der Waals surface area contributed by atoms with Gasteiger partial charge in [0, 0.05) is 5.69 Å². The van der Waals surface area contributed by atoms with E-state index in [2.05, 4.69) is 102 Å². The lowest BCUT2D eigenvalue weighted by Gasteiger charge is -2.34. The third-order valence-corrected chi connectivity index (χ3v) is 4.72. The van der Waals surface area contributed by atoms with Crippen molar-refractivity contribution in [3.05, 3.63) is 114 Å². The lowest BCUT2D eigenvalue weighted by molar-refractivity contribution is 0.270. The van der Waals surface area contributed by atoms with Gasteiger partial charge in [-0.1, -0.05) is 78.9 Å². The van der Waals surface area contributed by atoms with Crippen molar-refractivity contribution in [2.24, 2.45) is 0 Å². The molecule has 1 aliphatic rings. The fourth-order valence-electron chi connectivity index (χ4n) is 3.58. The van der Waals surface area contributed by atoms with E-state index in [0.717, 1.165) is 5.76 Å². The summed E-state index contributed by atoms with van der Waals surface area (Å²) in [6.45, 7) is 0. The van der Waals surface area contributed by atoms with Crippen LogP contribution in [0, 0.1) is 0 Å². The molecular formula is C23H21NO. The summed E-state index contributed by atoms with van der Waals surface area (Å²) in [5, 5.41) is 0. The molecule has 0 unspecified atom stereocenters. The van der Waals surface area contributed by atoms with E-state index in [9.17, 15) is 0 Å². The van der Waals surface area contributed by atoms with E-state index in [1.165, 1.54) is 16.8 Å². The molecule has 25 heavy (non-hydrogen) atoms. The highest BCUT2D eigenvalue weighted by atomic mass is 16.5. The van der Waals surface area contributed by atoms with Crippen LogP contribution in [0.2, 0.25) is 0 Å². The second-order valence-corrected chi connectivity index (χ2v) is 6.18. The molecule has 0 aromatic heterocycles. The van der Waals surface area contributed by atoms with Crippen molar-refractivity contribution >= 4 is 5.69 Å². The normalized spacial score (nSPS) is 19.6. The van der Waals surface area contributed by atoms with Gasteiger partial charge >= 0.3 is 0 Å². The maximum absolute atomic E-state index is 5.80. The highest BCUT2D eigenvalue weighted by molar-refractivity contribution is 5.58. The molecular weight excluding hydrogens is 306 g/mol. The van der Waals surface area contributed by atoms with Crippen molar-refractivity contribution in [1.82, 2.24) is 0 Å². The molecule has 0 saturated heterocycles. The van der Waals surface area contributed by atoms with Gasteiger partial charge in [0.25, 0.3) is 0 Å². The van der Waals surface area contributed by atoms with E-state index in [1.54, 1.807) is 7.11 Å². The Labute approximate surface area is 149 Å². The fraction of sp³-hybridized carbons (Fsp3) is 0.130. The number of anilines is 1. The van der Waals surface area contributed by atoms with Crippen LogP contribution in [0.25, 0.3) is 0 Å². The van der Waals surface area contributed by atoms with Crippen LogP contribution in [0.5, 0.6) is 0 Å². The second-order valence-electron chi connectivity index (χ2n) is 6.18. The fourth-order valence-corrected chi connectivity index (χ4v) is 3.58. The Kier molecular flexibility index (Phi) is 4.26. The van der Waals surface area contributed by atoms with Crippen molar-refractivity contribution in [1.29, 1.82) is 0 Å². The van der Waals surface area contributed by atoms with Gasteiger partial charge < -0.3 is 9.64 Å². The second kappa shape index (κ2) is 6.86. The Bertz CT molecular complexity index is 843. The van der Waals surface area contributed by atoms with Gasteiger partial charge in [0.2, 0.25) is 0 Å². The molecule has 0 bridgehead atoms. The summed E-state index contributed by atoms with van der Waals surface area (Å²) in [5.74, 6) is 0.990. The third kappa shape index (κ3) is 2.91. The first-order valence-electron chi connectivity index (χ1n) is 8.57. The Morgan fingerprint density at radius 3 is 1.76 bits per heavy atom. The third-order valence-electron chi connectivity index (χ3n) is 4.72. The average molecular weight is 327 g/mol. The molecule has 2 heteroatoms. The molecule has 124 valence electrons. The number of benzene rings is 3. The molecule has 0 aliphatic carbocycles. The first kappa shape index (κ1) is 15.5. The van der Waals surface area contributed by atoms with Gasteiger partial charge in [0.15, 0.2) is 0 Å². The van der Waals surface area contributed by atoms with E-state index in [1.807, 2.05) is 0 Å². The Morgan fingerprint density at radius 1 is 0.680 bits per heavy atom. The van der Waals surface area contributed by atoms with Gasteiger partial charge in [-0.2, -0.15) is 0 Å². The first-order valence-corrected chi connectivity index (χ1v) is 8.57. The summed E-state index contributed by atoms with van der Waals surface area (Å²) in [4.78, 5) is 2.43. The van der Waals surface area contributed by atoms with Crippen LogP contribution in [0.3, 0.4) is 0 Å². The van der Waals surface area contributed by atoms with Crippen LogP contribution >= 0.6 is 0 Å². The smallest absolute Gasteiger partial charge is 0.121 e. The zero-order chi connectivity index (χ0) is 17.1. The molecule has 3 aromatic carbocycles. The molecule has 0 radical (unpaired) electrons. The monoisotopic (exact) mass is 327 g/mol. The topological polar surface area (TPSA) is 12.5 Å². The van der Waals surface area contributed by atoms with E-state index in [0.29, 0.717) is 0 Å². The maximum Gasteiger partial charge on any atom is 0.121 e. The predicted octanol–water partition coefficient (Wildman–Crippen LogP) is 5.52. The minimum atomic E-state index is 0.0683. The minimum Gasteiger partial charge on any atom is -0.499 e. The van der Waals surface area contributed by atoms with Crippen molar-refractivity contribution in [3.8, 4) is 0 Å². The summed E-state index contributed by atoms with van der Waals surface area (Å²) >= 11 is 0. The van der Waals surface area contributed by atoms with E-state index in [4.69, 9.17) is 4.74 Å². The number of nitrogens with zero attached hydrogens (tertiary/aromatic N) is 1. The first-order chi connectivity index (χ1) is 12.4. The molecule has 2 atom stereocenters. The molecule has 0 N–H and O–H groups in total. The standard InChI is InChI=1S/C23H21NO/c1-25-22-17-21(18-11-5-2-6-12-18)24(20-15-9-4-10-16-20)23(22)19-13-7-3-8-14-19/h2-17,21,23H,1H3/t21-,23+/m0/s1. The summed E-state index contributed by atoms with van der Waals surface area (Å²) in [5.41, 5.74) is 3.69. The maximum atomic E-state index is 5.80. The van der Waals surface area contributed by atoms with Crippen LogP contribution in [0.1, 0.15) is 23.2 Å². The van der Waals surface area contributed by atoms with Crippen molar-refractivity contribution < 1.29 is 4.74 Å². The van der Waals surface area contributed by atoms with E-state index >= 15 is 0 Å². The molecule has 4 rings (SSSR count). The average Bonchev–Trinajstić information content (AvgIpc) is 3.10. The number of rotatable bonds is 4. The van der Waals surface area contributed by atoms with E-state index < -0.39 is 0 Å². The highest BCUT2D eigenvalue weighted by Crippen LogP contribution is 2.46. The highest BCUT2D eigenvalue weighted by Gasteiger charge is 2.37. The van der Waals surface area contributed by atoms with Gasteiger partial charge in [-0.15, -0.1) is 0 Å². The van der Waals surface area contributed by atoms with Crippen molar-refractivity contribution in [3.63, 3.8) is 0 Å². The van der Waals surface area contributed by atoms with Crippen LogP contribution in [0.15, 0.2) is 103 Å². The molecule has 1 heterocycles. The molecule has 3 aromatic rings. The lowest BCUT2D eigenvalue weighted by atomic mass is 10.0.